The van der Waals surface area contributed by atoms with Crippen molar-refractivity contribution in [3.05, 3.63) is 40.1 Å². The van der Waals surface area contributed by atoms with Crippen LogP contribution in [0.25, 0.3) is 0 Å². The molecule has 0 saturated carbocycles. The number of aliphatic imine (C=N–C) groups is 1. The Balaban J connectivity index is 2.53. The van der Waals surface area contributed by atoms with Crippen molar-refractivity contribution in [2.24, 2.45) is 4.99 Å². The van der Waals surface area contributed by atoms with Crippen molar-refractivity contribution in [1.82, 2.24) is 4.98 Å². The molecule has 2 rings (SSSR count). The maximum absolute atomic E-state index is 11.6. The molecule has 0 spiro atoms. The molecule has 0 atom stereocenters. The molecule has 0 unspecified atom stereocenters. The maximum atomic E-state index is 11.6. The van der Waals surface area contributed by atoms with E-state index in [4.69, 9.17) is 0 Å². The van der Waals surface area contributed by atoms with Crippen LogP contribution in [0, 0.1) is 0 Å². The summed E-state index contributed by atoms with van der Waals surface area (Å²) in [6, 6.07) is 5.04. The zero-order valence-electron chi connectivity index (χ0n) is 6.88. The van der Waals surface area contributed by atoms with Crippen molar-refractivity contribution < 1.29 is 8.42 Å². The van der Waals surface area contributed by atoms with Crippen LogP contribution in [0.1, 0.15) is 5.69 Å². The highest BCUT2D eigenvalue weighted by Gasteiger charge is 2.29. The Bertz CT molecular complexity index is 520. The zero-order chi connectivity index (χ0) is 10.2. The Hall–Kier alpha value is -1.01. The second kappa shape index (κ2) is 3.29. The molecule has 0 radical (unpaired) electrons. The quantitative estimate of drug-likeness (QED) is 0.778. The molecule has 0 fully saturated rings. The van der Waals surface area contributed by atoms with Gasteiger partial charge in [-0.25, -0.2) is 13.4 Å². The lowest BCUT2D eigenvalue weighted by molar-refractivity contribution is 0.615. The smallest absolute Gasteiger partial charge is 0.234 e. The molecule has 72 valence electrons. The average molecular weight is 273 g/mol. The van der Waals surface area contributed by atoms with E-state index in [1.54, 1.807) is 18.2 Å². The van der Waals surface area contributed by atoms with Gasteiger partial charge in [-0.2, -0.15) is 0 Å². The first-order valence-corrected chi connectivity index (χ1v) is 6.00. The summed E-state index contributed by atoms with van der Waals surface area (Å²) < 4.78 is 23.3. The van der Waals surface area contributed by atoms with Crippen LogP contribution in [0.2, 0.25) is 0 Å². The van der Waals surface area contributed by atoms with Gasteiger partial charge in [0.2, 0.25) is 9.84 Å². The van der Waals surface area contributed by atoms with Gasteiger partial charge >= 0.3 is 0 Å². The predicted octanol–water partition coefficient (Wildman–Crippen LogP) is 1.45. The summed E-state index contributed by atoms with van der Waals surface area (Å²) in [5.41, 5.74) is 0.359. The van der Waals surface area contributed by atoms with E-state index in [0.29, 0.717) is 5.69 Å². The third-order valence-corrected chi connectivity index (χ3v) is 4.60. The fourth-order valence-corrected chi connectivity index (χ4v) is 2.56. The number of nitrogens with zero attached hydrogens (tertiary/aromatic N) is 2. The van der Waals surface area contributed by atoms with Crippen LogP contribution >= 0.6 is 15.9 Å². The molecule has 0 N–H and O–H groups in total. The molecule has 1 aromatic heterocycles. The first kappa shape index (κ1) is 9.54. The molecular weight excluding hydrogens is 268 g/mol. The van der Waals surface area contributed by atoms with E-state index in [-0.39, 0.29) is 8.86 Å². The zero-order valence-corrected chi connectivity index (χ0v) is 9.29. The van der Waals surface area contributed by atoms with Crippen LogP contribution in [0.4, 0.5) is 0 Å². The maximum Gasteiger partial charge on any atom is 0.234 e. The Morgan fingerprint density at radius 1 is 1.29 bits per heavy atom. The molecule has 4 nitrogen and oxygen atoms in total. The lowest BCUT2D eigenvalue weighted by Crippen LogP contribution is -2.13. The standard InChI is InChI=1S/C8H5BrN2O2S/c9-7-5-11-8(14(7,12)13)6-3-1-2-4-10-6/h1-5H. The number of rotatable bonds is 1. The van der Waals surface area contributed by atoms with Crippen LogP contribution in [0.3, 0.4) is 0 Å². The Labute approximate surface area is 89.4 Å². The molecule has 0 aliphatic carbocycles. The van der Waals surface area contributed by atoms with E-state index in [1.807, 2.05) is 0 Å². The molecule has 0 aromatic carbocycles. The van der Waals surface area contributed by atoms with Crippen molar-refractivity contribution in [2.75, 3.05) is 0 Å². The van der Waals surface area contributed by atoms with E-state index < -0.39 is 9.84 Å². The van der Waals surface area contributed by atoms with Gasteiger partial charge in [-0.1, -0.05) is 6.07 Å². The van der Waals surface area contributed by atoms with Crippen molar-refractivity contribution >= 4 is 30.8 Å². The van der Waals surface area contributed by atoms with E-state index in [9.17, 15) is 8.42 Å². The van der Waals surface area contributed by atoms with Gasteiger partial charge in [0, 0.05) is 6.20 Å². The number of halogens is 1. The van der Waals surface area contributed by atoms with Crippen molar-refractivity contribution in [2.45, 2.75) is 0 Å². The van der Waals surface area contributed by atoms with Crippen molar-refractivity contribution in [3.63, 3.8) is 0 Å². The highest BCUT2D eigenvalue weighted by atomic mass is 79.9. The van der Waals surface area contributed by atoms with E-state index >= 15 is 0 Å². The lowest BCUT2D eigenvalue weighted by Gasteiger charge is -1.99. The fourth-order valence-electron chi connectivity index (χ4n) is 1.03. The number of hydrogen-bond acceptors (Lipinski definition) is 4. The number of aromatic nitrogens is 1. The van der Waals surface area contributed by atoms with Gasteiger partial charge < -0.3 is 0 Å². The van der Waals surface area contributed by atoms with Gasteiger partial charge in [0.15, 0.2) is 5.04 Å². The Morgan fingerprint density at radius 3 is 2.57 bits per heavy atom. The molecule has 1 aromatic rings. The summed E-state index contributed by atoms with van der Waals surface area (Å²) >= 11 is 2.93. The second-order valence-corrected chi connectivity index (χ2v) is 5.80. The normalized spacial score (nSPS) is 18.9. The van der Waals surface area contributed by atoms with Crippen LogP contribution in [0.5, 0.6) is 0 Å². The largest absolute Gasteiger partial charge is 0.254 e. The molecular formula is C8H5BrN2O2S. The van der Waals surface area contributed by atoms with Gasteiger partial charge in [0.1, 0.15) is 9.51 Å². The highest BCUT2D eigenvalue weighted by Crippen LogP contribution is 2.25. The summed E-state index contributed by atoms with van der Waals surface area (Å²) in [4.78, 5) is 7.72. The van der Waals surface area contributed by atoms with Gasteiger partial charge in [-0.3, -0.25) is 4.98 Å². The summed E-state index contributed by atoms with van der Waals surface area (Å²) in [7, 11) is -3.45. The van der Waals surface area contributed by atoms with Crippen molar-refractivity contribution in [3.8, 4) is 0 Å². The molecule has 0 saturated heterocycles. The fraction of sp³-hybridized carbons (Fsp3) is 0. The molecule has 0 bridgehead atoms. The van der Waals surface area contributed by atoms with Crippen LogP contribution in [-0.4, -0.2) is 18.4 Å². The van der Waals surface area contributed by atoms with E-state index in [0.717, 1.165) is 0 Å². The van der Waals surface area contributed by atoms with Gasteiger partial charge in [0.05, 0.1) is 6.20 Å². The minimum Gasteiger partial charge on any atom is -0.254 e. The number of pyridine rings is 1. The SMILES string of the molecule is O=S1(=O)C(Br)=CN=C1c1ccccn1. The summed E-state index contributed by atoms with van der Waals surface area (Å²) in [6.07, 6.45) is 2.79. The molecule has 0 amide bonds. The predicted molar refractivity (Wildman–Crippen MR) is 56.7 cm³/mol. The van der Waals surface area contributed by atoms with Gasteiger partial charge in [-0.15, -0.1) is 0 Å². The third-order valence-electron chi connectivity index (χ3n) is 1.68. The third kappa shape index (κ3) is 1.40. The topological polar surface area (TPSA) is 59.4 Å². The summed E-state index contributed by atoms with van der Waals surface area (Å²) in [5.74, 6) is 0. The molecule has 14 heavy (non-hydrogen) atoms. The van der Waals surface area contributed by atoms with Crippen LogP contribution in [0.15, 0.2) is 39.4 Å². The first-order chi connectivity index (χ1) is 6.62. The Morgan fingerprint density at radius 2 is 2.07 bits per heavy atom. The average Bonchev–Trinajstić information content (AvgIpc) is 2.44. The molecule has 2 heterocycles. The number of hydrogen-bond donors (Lipinski definition) is 0. The minimum atomic E-state index is -3.45. The summed E-state index contributed by atoms with van der Waals surface area (Å²) in [5, 5.41) is -0.00928. The molecule has 1 aliphatic rings. The second-order valence-electron chi connectivity index (χ2n) is 2.59. The van der Waals surface area contributed by atoms with E-state index in [2.05, 4.69) is 25.9 Å². The lowest BCUT2D eigenvalue weighted by atomic mass is 10.4. The van der Waals surface area contributed by atoms with E-state index in [1.165, 1.54) is 12.4 Å². The highest BCUT2D eigenvalue weighted by molar-refractivity contribution is 9.14. The molecule has 1 aliphatic heterocycles. The Kier molecular flexibility index (Phi) is 2.24. The monoisotopic (exact) mass is 272 g/mol. The van der Waals surface area contributed by atoms with Crippen LogP contribution in [-0.2, 0) is 9.84 Å². The van der Waals surface area contributed by atoms with Crippen molar-refractivity contribution in [1.29, 1.82) is 0 Å². The van der Waals surface area contributed by atoms with Gasteiger partial charge in [0.25, 0.3) is 0 Å². The number of sulfone groups is 1. The first-order valence-electron chi connectivity index (χ1n) is 3.72. The van der Waals surface area contributed by atoms with Crippen LogP contribution < -0.4 is 0 Å². The minimum absolute atomic E-state index is 0.00928. The molecule has 6 heteroatoms. The van der Waals surface area contributed by atoms with Gasteiger partial charge in [-0.05, 0) is 28.1 Å². The summed E-state index contributed by atoms with van der Waals surface area (Å²) in [6.45, 7) is 0.